The molecule has 2 unspecified atom stereocenters. The van der Waals surface area contributed by atoms with E-state index in [0.717, 1.165) is 34.7 Å². The van der Waals surface area contributed by atoms with Gasteiger partial charge in [-0.05, 0) is 31.4 Å². The van der Waals surface area contributed by atoms with Gasteiger partial charge >= 0.3 is 0 Å². The Morgan fingerprint density at radius 3 is 3.12 bits per heavy atom. The zero-order chi connectivity index (χ0) is 11.0. The molecule has 1 aliphatic rings. The van der Waals surface area contributed by atoms with Crippen LogP contribution in [0.1, 0.15) is 19.3 Å². The number of rotatable bonds is 2. The lowest BCUT2D eigenvalue weighted by Gasteiger charge is -2.09. The van der Waals surface area contributed by atoms with Crippen molar-refractivity contribution in [3.63, 3.8) is 0 Å². The summed E-state index contributed by atoms with van der Waals surface area (Å²) in [7, 11) is 0. The van der Waals surface area contributed by atoms with Crippen LogP contribution in [-0.4, -0.2) is 22.1 Å². The second-order valence-corrected chi connectivity index (χ2v) is 5.24. The van der Waals surface area contributed by atoms with Crippen molar-refractivity contribution in [2.24, 2.45) is 5.73 Å². The number of thiazole rings is 1. The molecule has 1 saturated carbocycles. The zero-order valence-corrected chi connectivity index (χ0v) is 9.70. The number of pyridine rings is 1. The number of hydrogen-bond donors (Lipinski definition) is 2. The lowest BCUT2D eigenvalue weighted by atomic mass is 10.2. The standard InChI is InChI=1S/C11H14N4S/c12-7-3-4-8(6-7)14-11-15-9-2-1-5-13-10(9)16-11/h1-2,5,7-8H,3-4,6,12H2,(H,14,15). The van der Waals surface area contributed by atoms with Gasteiger partial charge in [0.2, 0.25) is 0 Å². The highest BCUT2D eigenvalue weighted by Gasteiger charge is 2.22. The van der Waals surface area contributed by atoms with Crippen LogP contribution in [0.25, 0.3) is 10.3 Å². The van der Waals surface area contributed by atoms with Crippen molar-refractivity contribution >= 4 is 26.8 Å². The van der Waals surface area contributed by atoms with Gasteiger partial charge in [0.1, 0.15) is 10.3 Å². The van der Waals surface area contributed by atoms with E-state index in [1.807, 2.05) is 12.1 Å². The Kier molecular flexibility index (Phi) is 2.49. The average molecular weight is 234 g/mol. The van der Waals surface area contributed by atoms with Crippen molar-refractivity contribution in [3.05, 3.63) is 18.3 Å². The summed E-state index contributed by atoms with van der Waals surface area (Å²) < 4.78 is 0. The quantitative estimate of drug-likeness (QED) is 0.834. The van der Waals surface area contributed by atoms with Crippen LogP contribution in [-0.2, 0) is 0 Å². The van der Waals surface area contributed by atoms with E-state index >= 15 is 0 Å². The maximum absolute atomic E-state index is 5.88. The molecule has 3 N–H and O–H groups in total. The molecule has 84 valence electrons. The number of nitrogens with two attached hydrogens (primary N) is 1. The Labute approximate surface area is 97.9 Å². The second kappa shape index (κ2) is 3.99. The molecule has 0 bridgehead atoms. The van der Waals surface area contributed by atoms with Crippen LogP contribution in [0.5, 0.6) is 0 Å². The van der Waals surface area contributed by atoms with Gasteiger partial charge in [0.05, 0.1) is 0 Å². The van der Waals surface area contributed by atoms with Crippen LogP contribution in [0.4, 0.5) is 5.13 Å². The van der Waals surface area contributed by atoms with Crippen molar-refractivity contribution in [2.45, 2.75) is 31.3 Å². The van der Waals surface area contributed by atoms with Gasteiger partial charge in [-0.1, -0.05) is 11.3 Å². The first kappa shape index (κ1) is 9.99. The molecule has 0 saturated heterocycles. The summed E-state index contributed by atoms with van der Waals surface area (Å²) in [5, 5.41) is 4.41. The Morgan fingerprint density at radius 2 is 2.38 bits per heavy atom. The van der Waals surface area contributed by atoms with Gasteiger partial charge < -0.3 is 11.1 Å². The minimum atomic E-state index is 0.352. The highest BCUT2D eigenvalue weighted by molar-refractivity contribution is 7.21. The van der Waals surface area contributed by atoms with E-state index in [-0.39, 0.29) is 0 Å². The van der Waals surface area contributed by atoms with E-state index in [1.54, 1.807) is 17.5 Å². The van der Waals surface area contributed by atoms with Crippen molar-refractivity contribution in [2.75, 3.05) is 5.32 Å². The maximum Gasteiger partial charge on any atom is 0.185 e. The van der Waals surface area contributed by atoms with E-state index in [4.69, 9.17) is 5.73 Å². The fourth-order valence-electron chi connectivity index (χ4n) is 2.15. The van der Waals surface area contributed by atoms with E-state index < -0.39 is 0 Å². The number of nitrogens with zero attached hydrogens (tertiary/aromatic N) is 2. The van der Waals surface area contributed by atoms with Crippen LogP contribution in [0.3, 0.4) is 0 Å². The van der Waals surface area contributed by atoms with E-state index in [9.17, 15) is 0 Å². The molecule has 0 aliphatic heterocycles. The Balaban J connectivity index is 1.79. The SMILES string of the molecule is NC1CCC(Nc2nc3cccnc3s2)C1. The topological polar surface area (TPSA) is 63.8 Å². The molecule has 2 atom stereocenters. The Bertz CT molecular complexity index is 462. The van der Waals surface area contributed by atoms with Crippen molar-refractivity contribution < 1.29 is 0 Å². The molecule has 0 aromatic carbocycles. The molecule has 3 rings (SSSR count). The lowest BCUT2D eigenvalue weighted by Crippen LogP contribution is -2.20. The summed E-state index contributed by atoms with van der Waals surface area (Å²) in [6.07, 6.45) is 5.10. The van der Waals surface area contributed by atoms with E-state index in [1.165, 1.54) is 0 Å². The first-order chi connectivity index (χ1) is 7.81. The molecule has 16 heavy (non-hydrogen) atoms. The van der Waals surface area contributed by atoms with Gasteiger partial charge in [-0.2, -0.15) is 0 Å². The number of aromatic nitrogens is 2. The van der Waals surface area contributed by atoms with Gasteiger partial charge in [0, 0.05) is 18.3 Å². The molecular weight excluding hydrogens is 220 g/mol. The molecule has 2 heterocycles. The molecule has 4 nitrogen and oxygen atoms in total. The smallest absolute Gasteiger partial charge is 0.185 e. The third kappa shape index (κ3) is 1.88. The number of nitrogens with one attached hydrogen (secondary N) is 1. The monoisotopic (exact) mass is 234 g/mol. The van der Waals surface area contributed by atoms with Crippen molar-refractivity contribution in [3.8, 4) is 0 Å². The van der Waals surface area contributed by atoms with Crippen LogP contribution < -0.4 is 11.1 Å². The van der Waals surface area contributed by atoms with Gasteiger partial charge in [-0.25, -0.2) is 9.97 Å². The molecule has 2 aromatic heterocycles. The molecule has 1 aliphatic carbocycles. The third-order valence-electron chi connectivity index (χ3n) is 2.97. The first-order valence-electron chi connectivity index (χ1n) is 5.55. The van der Waals surface area contributed by atoms with Crippen molar-refractivity contribution in [1.82, 2.24) is 9.97 Å². The maximum atomic E-state index is 5.88. The van der Waals surface area contributed by atoms with Crippen LogP contribution in [0, 0.1) is 0 Å². The second-order valence-electron chi connectivity index (χ2n) is 4.26. The summed E-state index contributed by atoms with van der Waals surface area (Å²) in [5.74, 6) is 0. The molecule has 0 radical (unpaired) electrons. The van der Waals surface area contributed by atoms with Crippen LogP contribution in [0.2, 0.25) is 0 Å². The molecule has 1 fully saturated rings. The highest BCUT2D eigenvalue weighted by atomic mass is 32.1. The summed E-state index contributed by atoms with van der Waals surface area (Å²) in [6.45, 7) is 0. The largest absolute Gasteiger partial charge is 0.359 e. The van der Waals surface area contributed by atoms with Gasteiger partial charge in [-0.3, -0.25) is 0 Å². The minimum absolute atomic E-state index is 0.352. The fraction of sp³-hybridized carbons (Fsp3) is 0.455. The molecule has 2 aromatic rings. The van der Waals surface area contributed by atoms with E-state index in [0.29, 0.717) is 12.1 Å². The Hall–Kier alpha value is -1.20. The number of hydrogen-bond acceptors (Lipinski definition) is 5. The zero-order valence-electron chi connectivity index (χ0n) is 8.89. The average Bonchev–Trinajstić information content (AvgIpc) is 2.84. The summed E-state index contributed by atoms with van der Waals surface area (Å²) in [4.78, 5) is 9.78. The van der Waals surface area contributed by atoms with Gasteiger partial charge in [-0.15, -0.1) is 0 Å². The number of fused-ring (bicyclic) bond motifs is 1. The predicted octanol–water partition coefficient (Wildman–Crippen LogP) is 1.98. The van der Waals surface area contributed by atoms with Crippen molar-refractivity contribution in [1.29, 1.82) is 0 Å². The molecular formula is C11H14N4S. The normalized spacial score (nSPS) is 25.1. The fourth-order valence-corrected chi connectivity index (χ4v) is 3.04. The van der Waals surface area contributed by atoms with E-state index in [2.05, 4.69) is 15.3 Å². The first-order valence-corrected chi connectivity index (χ1v) is 6.36. The predicted molar refractivity (Wildman–Crippen MR) is 66.7 cm³/mol. The van der Waals surface area contributed by atoms with Crippen LogP contribution in [0.15, 0.2) is 18.3 Å². The summed E-state index contributed by atoms with van der Waals surface area (Å²) in [5.41, 5.74) is 6.85. The van der Waals surface area contributed by atoms with Gasteiger partial charge in [0.15, 0.2) is 5.13 Å². The summed E-state index contributed by atoms with van der Waals surface area (Å²) >= 11 is 1.61. The molecule has 5 heteroatoms. The summed E-state index contributed by atoms with van der Waals surface area (Å²) in [6, 6.07) is 4.74. The lowest BCUT2D eigenvalue weighted by molar-refractivity contribution is 0.687. The van der Waals surface area contributed by atoms with Crippen LogP contribution >= 0.6 is 11.3 Å². The molecule has 0 spiro atoms. The number of anilines is 1. The van der Waals surface area contributed by atoms with Gasteiger partial charge in [0.25, 0.3) is 0 Å². The minimum Gasteiger partial charge on any atom is -0.359 e. The molecule has 0 amide bonds. The third-order valence-corrected chi connectivity index (χ3v) is 3.88. The highest BCUT2D eigenvalue weighted by Crippen LogP contribution is 2.27. The Morgan fingerprint density at radius 1 is 1.44 bits per heavy atom.